The first-order valence-electron chi connectivity index (χ1n) is 8.78. The molecule has 0 fully saturated rings. The van der Waals surface area contributed by atoms with Crippen molar-refractivity contribution in [2.75, 3.05) is 17.2 Å². The predicted octanol–water partition coefficient (Wildman–Crippen LogP) is -12.9. The third kappa shape index (κ3) is 62.9. The largest absolute Gasteiger partial charge is 3.00 e. The van der Waals surface area contributed by atoms with Crippen LogP contribution in [0.1, 0.15) is 0 Å². The molecule has 0 aliphatic heterocycles. The van der Waals surface area contributed by atoms with Crippen molar-refractivity contribution in [3.63, 3.8) is 0 Å². The number of nitrogen functional groups attached to an aromatic ring is 3. The van der Waals surface area contributed by atoms with Crippen LogP contribution in [-0.2, 0) is 66.9 Å². The summed E-state index contributed by atoms with van der Waals surface area (Å²) >= 11 is 0. The number of phosphoric acid groups is 9. The van der Waals surface area contributed by atoms with E-state index >= 15 is 0 Å². The first-order chi connectivity index (χ1) is 20.4. The van der Waals surface area contributed by atoms with E-state index < -0.39 is 70.4 Å². The first-order valence-corrected chi connectivity index (χ1v) is 21.9. The summed E-state index contributed by atoms with van der Waals surface area (Å²) in [4.78, 5) is 156. The molecule has 0 aromatic carbocycles. The van der Waals surface area contributed by atoms with Crippen molar-refractivity contribution in [1.29, 1.82) is 0 Å². The molecule has 0 saturated heterocycles. The van der Waals surface area contributed by atoms with Gasteiger partial charge in [0.05, 0.1) is 46.9 Å². The quantitative estimate of drug-likeness (QED) is 0.164. The zero-order valence-corrected chi connectivity index (χ0v) is 47.1. The molecule has 0 unspecified atom stereocenters. The maximum absolute atomic E-state index is 10.1. The molecule has 5 radical (unpaired) electrons. The molecule has 293 valence electrons. The van der Waals surface area contributed by atoms with E-state index in [2.05, 4.69) is 40.8 Å². The van der Waals surface area contributed by atoms with Gasteiger partial charge in [0.2, 0.25) is 17.8 Å². The third-order valence-electron chi connectivity index (χ3n) is 1.89. The maximum atomic E-state index is 10.1. The number of aromatic nitrogens is 3. The van der Waals surface area contributed by atoms with Gasteiger partial charge >= 0.3 is 209 Å². The van der Waals surface area contributed by atoms with Crippen molar-refractivity contribution in [2.24, 2.45) is 0 Å². The fourth-order valence-electron chi connectivity index (χ4n) is 1.21. The van der Waals surface area contributed by atoms with Gasteiger partial charge in [-0.25, -0.2) is 0 Å². The van der Waals surface area contributed by atoms with Crippen LogP contribution in [0.15, 0.2) is 0 Å². The molecule has 6 N–H and O–H groups in total. The van der Waals surface area contributed by atoms with Crippen molar-refractivity contribution >= 4 is 88.2 Å². The van der Waals surface area contributed by atoms with Crippen molar-refractivity contribution in [3.05, 3.63) is 0 Å². The summed E-state index contributed by atoms with van der Waals surface area (Å²) < 4.78 is 104. The van der Waals surface area contributed by atoms with Crippen LogP contribution in [0.2, 0.25) is 0 Å². The molecule has 1 aromatic rings. The standard InChI is InChI=1S/C3H6N6.5Ce.3H5O10P3/c4-1-7-2(5)9-3(6)8-1;;;;;;3*1-11(2,3)9-13(7,8)10-12(4,5)6/h(H6,4,5,6,7,8,9);;;;;;3*(H,7,8)(H2,1,2,3)(H2,4,5,6)/q;5*+3;;;/p-15. The molecule has 50 heteroatoms. The van der Waals surface area contributed by atoms with E-state index in [1.54, 1.807) is 0 Å². The number of rotatable bonds is 12. The molecule has 1 aromatic heterocycles. The molecule has 0 spiro atoms. The van der Waals surface area contributed by atoms with Gasteiger partial charge in [-0.3, -0.25) is 39.6 Å². The van der Waals surface area contributed by atoms with E-state index in [4.69, 9.17) is 17.2 Å². The zero-order valence-electron chi connectivity index (χ0n) is 23.3. The molecule has 0 aliphatic rings. The van der Waals surface area contributed by atoms with Gasteiger partial charge in [0, 0.05) is 0 Å². The number of anilines is 3. The van der Waals surface area contributed by atoms with Crippen molar-refractivity contribution in [2.45, 2.75) is 0 Å². The Morgan fingerprint density at radius 1 is 0.302 bits per heavy atom. The second-order valence-electron chi connectivity index (χ2n) is 5.92. The van der Waals surface area contributed by atoms with Crippen molar-refractivity contribution in [3.8, 4) is 0 Å². The fraction of sp³-hybridized carbons (Fsp3) is 0. The normalized spacial score (nSPS) is 12.3. The van der Waals surface area contributed by atoms with Gasteiger partial charge in [-0.2, -0.15) is 15.0 Å². The average molecular weight is 1590 g/mol. The SMILES string of the molecule is Nc1nc(N)nc(N)n1.O=P([O-])([O-])OP(=O)([O-])OP(=O)([O-])[O-].O=P([O-])([O-])OP(=O)([O-])OP(=O)([O-])[O-].O=P([O-])([O-])OP(=O)([O-])OP(=O)([O-])[O-].[Ce+3].[Ce+3].[Ce+3].[Ce+3].[Ce+3]. The van der Waals surface area contributed by atoms with Crippen molar-refractivity contribution in [1.82, 2.24) is 15.0 Å². The smallest absolute Gasteiger partial charge is 0.790 e. The number of nitrogens with zero attached hydrogens (tertiary/aromatic N) is 3. The van der Waals surface area contributed by atoms with Gasteiger partial charge in [0.15, 0.2) is 0 Å². The number of nitrogens with two attached hydrogens (primary N) is 3. The Morgan fingerprint density at radius 2 is 0.396 bits per heavy atom. The molecule has 0 amide bonds. The van der Waals surface area contributed by atoms with Crippen LogP contribution in [0.25, 0.3) is 0 Å². The topological polar surface area (TPSA) is 672 Å². The summed E-state index contributed by atoms with van der Waals surface area (Å²) in [5.74, 6) is 0.125. The van der Waals surface area contributed by atoms with E-state index in [9.17, 15) is 114 Å². The van der Waals surface area contributed by atoms with E-state index in [1.165, 1.54) is 0 Å². The molecular weight excluding hydrogens is 1580 g/mol. The molecule has 1 rings (SSSR count). The summed E-state index contributed by atoms with van der Waals surface area (Å²) in [7, 11) is -53.7. The van der Waals surface area contributed by atoms with Crippen LogP contribution in [-0.4, -0.2) is 15.0 Å². The third-order valence-corrected chi connectivity index (χ3v) is 11.5. The van der Waals surface area contributed by atoms with Gasteiger partial charge in [-0.1, -0.05) is 0 Å². The van der Waals surface area contributed by atoms with Gasteiger partial charge in [-0.05, 0) is 0 Å². The zero-order chi connectivity index (χ0) is 39.6. The Morgan fingerprint density at radius 3 is 0.472 bits per heavy atom. The molecule has 0 aliphatic carbocycles. The first kappa shape index (κ1) is 76.8. The van der Waals surface area contributed by atoms with Gasteiger partial charge in [0.1, 0.15) is 0 Å². The van der Waals surface area contributed by atoms with Gasteiger partial charge in [0.25, 0.3) is 23.5 Å². The fourth-order valence-corrected chi connectivity index (χ4v) is 8.25. The predicted molar refractivity (Wildman–Crippen MR) is 108 cm³/mol. The summed E-state index contributed by atoms with van der Waals surface area (Å²) in [5.41, 5.74) is 15.4. The second kappa shape index (κ2) is 31.4. The van der Waals surface area contributed by atoms with E-state index in [0.29, 0.717) is 0 Å². The van der Waals surface area contributed by atoms with Crippen LogP contribution in [0.4, 0.5) is 17.8 Å². The summed E-state index contributed by atoms with van der Waals surface area (Å²) in [6.45, 7) is 0. The Hall–Kier alpha value is 6.52. The Labute approximate surface area is 460 Å². The van der Waals surface area contributed by atoms with Gasteiger partial charge < -0.3 is 118 Å². The average Bonchev–Trinajstić information content (AvgIpc) is 2.54. The Bertz CT molecular complexity index is 1370. The van der Waals surface area contributed by atoms with Gasteiger partial charge in [-0.15, -0.1) is 0 Å². The van der Waals surface area contributed by atoms with Crippen molar-refractivity contribution < 1.29 is 349 Å². The number of hydrogen-bond acceptors (Lipinski definition) is 36. The molecule has 53 heavy (non-hydrogen) atoms. The van der Waals surface area contributed by atoms with Crippen LogP contribution < -0.4 is 90.6 Å². The Kier molecular flexibility index (Phi) is 45.5. The molecule has 0 saturated carbocycles. The van der Waals surface area contributed by atoms with Crippen LogP contribution >= 0.6 is 70.4 Å². The number of hydrogen-bond donors (Lipinski definition) is 3. The molecular formula is C3H6Ce5N6O30P9. The monoisotopic (exact) mass is 1580 g/mol. The van der Waals surface area contributed by atoms with E-state index in [0.717, 1.165) is 0 Å². The second-order valence-corrected chi connectivity index (χ2v) is 17.9. The summed E-state index contributed by atoms with van der Waals surface area (Å²) in [5, 5.41) is 0. The maximum Gasteiger partial charge on any atom is 3.00 e. The minimum atomic E-state index is -5.97. The Balaban J connectivity index is -0.0000000828. The van der Waals surface area contributed by atoms with Crippen LogP contribution in [0.3, 0.4) is 0 Å². The summed E-state index contributed by atoms with van der Waals surface area (Å²) in [6, 6.07) is 0. The van der Waals surface area contributed by atoms with Crippen LogP contribution in [0.5, 0.6) is 0 Å². The molecule has 1 heterocycles. The molecule has 0 bridgehead atoms. The van der Waals surface area contributed by atoms with E-state index in [1.807, 2.05) is 0 Å². The molecule has 36 nitrogen and oxygen atoms in total. The minimum Gasteiger partial charge on any atom is -0.790 e. The van der Waals surface area contributed by atoms with Crippen LogP contribution in [0, 0.1) is 209 Å². The minimum absolute atomic E-state index is 0. The summed E-state index contributed by atoms with van der Waals surface area (Å²) in [6.07, 6.45) is 0. The van der Waals surface area contributed by atoms with E-state index in [-0.39, 0.29) is 227 Å². The molecule has 0 atom stereocenters.